The van der Waals surface area contributed by atoms with Crippen molar-refractivity contribution in [2.45, 2.75) is 29.6 Å². The first-order valence-electron chi connectivity index (χ1n) is 8.39. The first-order valence-corrected chi connectivity index (χ1v) is 9.83. The van der Waals surface area contributed by atoms with Crippen molar-refractivity contribution in [3.63, 3.8) is 0 Å². The van der Waals surface area contributed by atoms with Gasteiger partial charge in [0.25, 0.3) is 0 Å². The smallest absolute Gasteiger partial charge is 0.412 e. The topological polar surface area (TPSA) is 119 Å². The van der Waals surface area contributed by atoms with E-state index >= 15 is 0 Å². The highest BCUT2D eigenvalue weighted by Gasteiger charge is 2.68. The van der Waals surface area contributed by atoms with Crippen molar-refractivity contribution in [2.75, 3.05) is 11.9 Å². The van der Waals surface area contributed by atoms with Crippen LogP contribution in [-0.4, -0.2) is 54.8 Å². The number of esters is 1. The second-order valence-corrected chi connectivity index (χ2v) is 7.96. The van der Waals surface area contributed by atoms with Crippen LogP contribution < -0.4 is 5.32 Å². The lowest BCUT2D eigenvalue weighted by molar-refractivity contribution is -0.351. The highest BCUT2D eigenvalue weighted by Crippen LogP contribution is 2.40. The van der Waals surface area contributed by atoms with Crippen molar-refractivity contribution in [2.24, 2.45) is 0 Å². The van der Waals surface area contributed by atoms with Crippen molar-refractivity contribution in [1.29, 1.82) is 0 Å². The molecule has 0 radical (unpaired) electrons. The highest BCUT2D eigenvalue weighted by molar-refractivity contribution is 7.86. The Kier molecular flexibility index (Phi) is 8.45. The molecule has 0 aliphatic heterocycles. The Morgan fingerprint density at radius 3 is 1.75 bits per heavy atom. The van der Waals surface area contributed by atoms with Crippen molar-refractivity contribution in [3.8, 4) is 0 Å². The summed E-state index contributed by atoms with van der Waals surface area (Å²) in [5, 5.41) is -4.50. The largest absolute Gasteiger partial charge is 0.466 e. The van der Waals surface area contributed by atoms with Gasteiger partial charge in [-0.05, 0) is 24.3 Å². The predicted molar refractivity (Wildman–Crippen MR) is 92.6 cm³/mol. The molecule has 1 amide bonds. The summed E-state index contributed by atoms with van der Waals surface area (Å²) < 4.78 is 180. The summed E-state index contributed by atoms with van der Waals surface area (Å²) in [5.41, 5.74) is -5.07. The summed E-state index contributed by atoms with van der Waals surface area (Å²) in [6, 6.07) is 1.03. The van der Waals surface area contributed by atoms with E-state index < -0.39 is 75.0 Å². The van der Waals surface area contributed by atoms with E-state index in [4.69, 9.17) is 4.55 Å². The lowest BCUT2D eigenvalue weighted by atomic mass is 10.1. The van der Waals surface area contributed by atoms with Crippen LogP contribution in [0, 0.1) is 0 Å². The number of carbonyl (C=O) groups excluding carboxylic acids is 2. The lowest BCUT2D eigenvalue weighted by Gasteiger charge is -2.34. The molecule has 204 valence electrons. The van der Waals surface area contributed by atoms with Gasteiger partial charge in [0, 0.05) is 5.69 Å². The Labute approximate surface area is 192 Å². The minimum absolute atomic E-state index is 0.204. The van der Waals surface area contributed by atoms with E-state index in [2.05, 4.69) is 16.1 Å². The minimum Gasteiger partial charge on any atom is -0.412 e. The van der Waals surface area contributed by atoms with Gasteiger partial charge in [-0.2, -0.15) is 56.7 Å². The second kappa shape index (κ2) is 9.81. The van der Waals surface area contributed by atoms with Crippen molar-refractivity contribution >= 4 is 27.7 Å². The van der Waals surface area contributed by atoms with Gasteiger partial charge in [0.15, 0.2) is 0 Å². The van der Waals surface area contributed by atoms with Gasteiger partial charge >= 0.3 is 51.6 Å². The normalized spacial score (nSPS) is 15.1. The second-order valence-electron chi connectivity index (χ2n) is 6.41. The van der Waals surface area contributed by atoms with Crippen LogP contribution in [0.4, 0.5) is 54.0 Å². The monoisotopic (exact) mass is 569 g/mol. The van der Waals surface area contributed by atoms with E-state index in [1.165, 1.54) is 0 Å². The van der Waals surface area contributed by atoms with Crippen LogP contribution in [0.3, 0.4) is 0 Å². The molecule has 2 N–H and O–H groups in total. The number of ether oxygens (including phenoxy) is 2. The molecule has 0 aliphatic rings. The predicted octanol–water partition coefficient (Wildman–Crippen LogP) is 4.06. The molecule has 0 fully saturated rings. The highest BCUT2D eigenvalue weighted by atomic mass is 32.2. The van der Waals surface area contributed by atoms with E-state index in [0.717, 1.165) is 5.32 Å². The van der Waals surface area contributed by atoms with E-state index in [1.54, 1.807) is 0 Å². The summed E-state index contributed by atoms with van der Waals surface area (Å²) in [5.74, 6) is -11.5. The molecule has 1 aromatic carbocycles. The Bertz CT molecular complexity index is 1110. The number of benzene rings is 1. The molecule has 0 saturated carbocycles. The molecule has 1 unspecified atom stereocenters. The number of rotatable bonds is 8. The molecule has 0 bridgehead atoms. The maximum absolute atomic E-state index is 13.8. The zero-order valence-electron chi connectivity index (χ0n) is 16.7. The third-order valence-corrected chi connectivity index (χ3v) is 4.66. The summed E-state index contributed by atoms with van der Waals surface area (Å²) in [4.78, 5) is 23.9. The SMILES string of the molecule is C=C(C(=O)OC(OCC(F)(F)S(=O)(=O)O)(C(=O)Nc1ccc(C(F)(F)F)cc1)C(F)(F)F)C(F)(F)F. The fourth-order valence-electron chi connectivity index (χ4n) is 1.93. The van der Waals surface area contributed by atoms with E-state index in [0.29, 0.717) is 12.1 Å². The Morgan fingerprint density at radius 2 is 1.39 bits per heavy atom. The summed E-state index contributed by atoms with van der Waals surface area (Å²) in [7, 11) is -6.54. The third kappa shape index (κ3) is 7.03. The standard InChI is InChI=1S/C16H10F11NO7S/c1-7(14(19,20)21)10(29)35-13(16(25,26)27,34-6-12(17,18)36(31,32)33)11(30)28-9-4-2-8(3-5-9)15(22,23)24/h2-5H,1,6H2,(H,28,30)(H,31,32,33). The van der Waals surface area contributed by atoms with E-state index in [9.17, 15) is 66.3 Å². The minimum atomic E-state index is -6.54. The van der Waals surface area contributed by atoms with E-state index in [-0.39, 0.29) is 12.1 Å². The molecule has 0 saturated heterocycles. The Morgan fingerprint density at radius 1 is 0.917 bits per heavy atom. The van der Waals surface area contributed by atoms with E-state index in [1.807, 2.05) is 0 Å². The van der Waals surface area contributed by atoms with Crippen LogP contribution in [0.2, 0.25) is 0 Å². The molecule has 0 spiro atoms. The zero-order valence-corrected chi connectivity index (χ0v) is 17.5. The number of carbonyl (C=O) groups is 2. The van der Waals surface area contributed by atoms with Crippen molar-refractivity contribution in [1.82, 2.24) is 0 Å². The molecule has 0 aromatic heterocycles. The Balaban J connectivity index is 3.56. The summed E-state index contributed by atoms with van der Waals surface area (Å²) >= 11 is 0. The fourth-order valence-corrected chi connectivity index (χ4v) is 2.14. The number of hydrogen-bond acceptors (Lipinski definition) is 6. The number of amides is 1. The molecule has 36 heavy (non-hydrogen) atoms. The number of nitrogens with one attached hydrogen (secondary N) is 1. The lowest BCUT2D eigenvalue weighted by Crippen LogP contribution is -2.61. The quantitative estimate of drug-likeness (QED) is 0.159. The van der Waals surface area contributed by atoms with Crippen LogP contribution in [0.5, 0.6) is 0 Å². The molecular weight excluding hydrogens is 559 g/mol. The van der Waals surface area contributed by atoms with Gasteiger partial charge in [-0.1, -0.05) is 6.58 Å². The fraction of sp³-hybridized carbons (Fsp3) is 0.375. The number of anilines is 1. The molecule has 1 rings (SSSR count). The maximum atomic E-state index is 13.8. The van der Waals surface area contributed by atoms with Crippen LogP contribution in [0.25, 0.3) is 0 Å². The average molecular weight is 569 g/mol. The van der Waals surface area contributed by atoms with Gasteiger partial charge in [-0.15, -0.1) is 0 Å². The van der Waals surface area contributed by atoms with Crippen LogP contribution >= 0.6 is 0 Å². The Hall–Kier alpha value is -3.00. The average Bonchev–Trinajstić information content (AvgIpc) is 2.67. The first kappa shape index (κ1) is 31.0. The molecule has 1 aromatic rings. The maximum Gasteiger partial charge on any atom is 0.466 e. The molecular formula is C16H10F11NO7S. The molecule has 0 heterocycles. The van der Waals surface area contributed by atoms with Gasteiger partial charge in [0.2, 0.25) is 0 Å². The van der Waals surface area contributed by atoms with Gasteiger partial charge in [-0.3, -0.25) is 9.35 Å². The van der Waals surface area contributed by atoms with Crippen molar-refractivity contribution in [3.05, 3.63) is 42.0 Å². The van der Waals surface area contributed by atoms with Gasteiger partial charge in [-0.25, -0.2) is 4.79 Å². The van der Waals surface area contributed by atoms with Crippen LogP contribution in [0.1, 0.15) is 5.56 Å². The number of hydrogen-bond donors (Lipinski definition) is 2. The molecule has 8 nitrogen and oxygen atoms in total. The van der Waals surface area contributed by atoms with Gasteiger partial charge in [0.05, 0.1) is 5.56 Å². The third-order valence-electron chi connectivity index (χ3n) is 3.79. The molecule has 20 heteroatoms. The first-order chi connectivity index (χ1) is 15.8. The number of halogens is 11. The number of alkyl halides is 11. The summed E-state index contributed by atoms with van der Waals surface area (Å²) in [6.45, 7) is -1.04. The van der Waals surface area contributed by atoms with Crippen LogP contribution in [0.15, 0.2) is 36.4 Å². The van der Waals surface area contributed by atoms with Crippen LogP contribution in [-0.2, 0) is 35.4 Å². The van der Waals surface area contributed by atoms with Crippen molar-refractivity contribution < 1.29 is 80.3 Å². The van der Waals surface area contributed by atoms with Gasteiger partial charge in [0.1, 0.15) is 12.2 Å². The summed E-state index contributed by atoms with van der Waals surface area (Å²) in [6.07, 6.45) is -17.3. The van der Waals surface area contributed by atoms with Gasteiger partial charge < -0.3 is 14.8 Å². The zero-order chi connectivity index (χ0) is 28.5. The molecule has 1 atom stereocenters. The molecule has 0 aliphatic carbocycles.